The fourth-order valence-electron chi connectivity index (χ4n) is 3.44. The Labute approximate surface area is 194 Å². The number of carbonyl (C=O) groups is 1. The predicted molar refractivity (Wildman–Crippen MR) is 126 cm³/mol. The molecular weight excluding hydrogens is 452 g/mol. The fourth-order valence-corrected chi connectivity index (χ4v) is 5.62. The third-order valence-corrected chi connectivity index (χ3v) is 8.48. The van der Waals surface area contributed by atoms with Gasteiger partial charge in [0.2, 0.25) is 0 Å². The minimum Gasteiger partial charge on any atom is -0.456 e. The van der Waals surface area contributed by atoms with E-state index in [-0.39, 0.29) is 18.3 Å². The summed E-state index contributed by atoms with van der Waals surface area (Å²) in [6.07, 6.45) is -0.695. The lowest BCUT2D eigenvalue weighted by Gasteiger charge is -2.19. The van der Waals surface area contributed by atoms with Crippen LogP contribution in [0.25, 0.3) is 0 Å². The number of carbonyl (C=O) groups excluding carboxylic acids is 1. The molecule has 1 saturated heterocycles. The van der Waals surface area contributed by atoms with E-state index in [2.05, 4.69) is 18.8 Å². The van der Waals surface area contributed by atoms with Gasteiger partial charge in [0.05, 0.1) is 12.2 Å². The number of aromatic amines is 1. The number of aryl methyl sites for hydroxylation is 1. The number of nitrogens with zero attached hydrogens (tertiary/aromatic N) is 1. The molecule has 1 aromatic heterocycles. The van der Waals surface area contributed by atoms with Crippen LogP contribution in [0.2, 0.25) is 0 Å². The number of aliphatic hydroxyl groups excluding tert-OH is 1. The molecule has 2 unspecified atom stereocenters. The van der Waals surface area contributed by atoms with Gasteiger partial charge in [0.25, 0.3) is 5.56 Å². The molecule has 0 spiro atoms. The third kappa shape index (κ3) is 5.67. The first-order valence-electron chi connectivity index (χ1n) is 10.4. The van der Waals surface area contributed by atoms with Crippen LogP contribution in [-0.4, -0.2) is 44.7 Å². The topological polar surface area (TPSA) is 111 Å². The maximum atomic E-state index is 13.0. The van der Waals surface area contributed by atoms with Gasteiger partial charge in [-0.05, 0) is 25.5 Å². The molecule has 10 heteroatoms. The molecule has 174 valence electrons. The van der Waals surface area contributed by atoms with E-state index >= 15 is 0 Å². The predicted octanol–water partition coefficient (Wildman–Crippen LogP) is 3.20. The number of aromatic nitrogens is 2. The Hall–Kier alpha value is -2.01. The smallest absolute Gasteiger partial charge is 0.338 e. The highest BCUT2D eigenvalue weighted by Gasteiger charge is 2.39. The molecule has 0 radical (unpaired) electrons. The summed E-state index contributed by atoms with van der Waals surface area (Å²) in [6, 6.07) is 7.31. The first-order chi connectivity index (χ1) is 15.2. The van der Waals surface area contributed by atoms with Crippen molar-refractivity contribution in [3.05, 3.63) is 68.0 Å². The molecule has 8 nitrogen and oxygen atoms in total. The highest BCUT2D eigenvalue weighted by atomic mass is 33.1. The fraction of sp³-hybridized carbons (Fsp3) is 0.500. The quantitative estimate of drug-likeness (QED) is 0.438. The molecule has 1 aliphatic heterocycles. The number of hydrogen-bond donors (Lipinski definition) is 2. The second kappa shape index (κ2) is 10.7. The first-order valence-corrected chi connectivity index (χ1v) is 12.7. The normalized spacial score (nSPS) is 21.6. The largest absolute Gasteiger partial charge is 0.456 e. The van der Waals surface area contributed by atoms with Gasteiger partial charge in [0.15, 0.2) is 0 Å². The zero-order valence-corrected chi connectivity index (χ0v) is 20.1. The van der Waals surface area contributed by atoms with Crippen molar-refractivity contribution < 1.29 is 19.4 Å². The van der Waals surface area contributed by atoms with Crippen molar-refractivity contribution >= 4 is 27.6 Å². The van der Waals surface area contributed by atoms with Crippen molar-refractivity contribution in [2.45, 2.75) is 63.1 Å². The summed E-state index contributed by atoms with van der Waals surface area (Å²) in [5.41, 5.74) is 0.611. The molecule has 2 N–H and O–H groups in total. The molecule has 0 aliphatic carbocycles. The summed E-state index contributed by atoms with van der Waals surface area (Å²) in [5, 5.41) is 10.3. The molecule has 3 rings (SSSR count). The van der Waals surface area contributed by atoms with Crippen molar-refractivity contribution in [1.29, 1.82) is 0 Å². The van der Waals surface area contributed by atoms with E-state index in [1.54, 1.807) is 40.6 Å². The van der Waals surface area contributed by atoms with Crippen LogP contribution < -0.4 is 11.2 Å². The Morgan fingerprint density at radius 1 is 1.28 bits per heavy atom. The number of benzene rings is 1. The molecule has 1 aliphatic rings. The van der Waals surface area contributed by atoms with Crippen LogP contribution in [-0.2, 0) is 9.47 Å². The average Bonchev–Trinajstić information content (AvgIpc) is 3.16. The molecule has 4 atom stereocenters. The lowest BCUT2D eigenvalue weighted by molar-refractivity contribution is -0.0522. The molecule has 2 heterocycles. The standard InChI is InChI=1S/C22H28N2O6S2/c1-12(2)31-32-14(4)15-7-5-6-8-16(15)21(27)30-17-9-19(29-18(17)11-25)24-10-13(3)20(26)23-22(24)28/h5-8,10,12,14,17-19,25H,9,11H2,1-4H3,(H,23,26,28)/t14?,17?,18-,19-/m1/s1. The first kappa shape index (κ1) is 24.6. The van der Waals surface area contributed by atoms with Crippen molar-refractivity contribution in [2.24, 2.45) is 0 Å². The van der Waals surface area contributed by atoms with Gasteiger partial charge in [-0.3, -0.25) is 14.3 Å². The van der Waals surface area contributed by atoms with Crippen LogP contribution in [0, 0.1) is 6.92 Å². The monoisotopic (exact) mass is 480 g/mol. The second-order valence-corrected chi connectivity index (χ2v) is 11.1. The van der Waals surface area contributed by atoms with E-state index in [4.69, 9.17) is 9.47 Å². The number of aliphatic hydroxyl groups is 1. The van der Waals surface area contributed by atoms with Gasteiger partial charge in [-0.2, -0.15) is 0 Å². The Bertz CT molecular complexity index is 1070. The maximum Gasteiger partial charge on any atom is 0.338 e. The summed E-state index contributed by atoms with van der Waals surface area (Å²) in [5.74, 6) is -0.500. The molecule has 1 aromatic carbocycles. The Balaban J connectivity index is 1.77. The van der Waals surface area contributed by atoms with Gasteiger partial charge < -0.3 is 14.6 Å². The lowest BCUT2D eigenvalue weighted by atomic mass is 10.0. The third-order valence-electron chi connectivity index (χ3n) is 5.09. The van der Waals surface area contributed by atoms with Gasteiger partial charge in [0, 0.05) is 28.7 Å². The van der Waals surface area contributed by atoms with Crippen molar-refractivity contribution in [1.82, 2.24) is 9.55 Å². The van der Waals surface area contributed by atoms with Crippen LogP contribution in [0.4, 0.5) is 0 Å². The van der Waals surface area contributed by atoms with Crippen molar-refractivity contribution in [3.8, 4) is 0 Å². The Kier molecular flexibility index (Phi) is 8.26. The second-order valence-electron chi connectivity index (χ2n) is 7.94. The number of H-pyrrole nitrogens is 1. The minimum atomic E-state index is -0.779. The lowest BCUT2D eigenvalue weighted by Crippen LogP contribution is -2.33. The summed E-state index contributed by atoms with van der Waals surface area (Å²) in [6.45, 7) is 7.49. The average molecular weight is 481 g/mol. The number of rotatable bonds is 8. The highest BCUT2D eigenvalue weighted by molar-refractivity contribution is 8.77. The molecule has 0 amide bonds. The van der Waals surface area contributed by atoms with E-state index < -0.39 is 35.7 Å². The van der Waals surface area contributed by atoms with Crippen LogP contribution in [0.3, 0.4) is 0 Å². The van der Waals surface area contributed by atoms with Gasteiger partial charge in [-0.15, -0.1) is 0 Å². The Morgan fingerprint density at radius 2 is 2.00 bits per heavy atom. The Morgan fingerprint density at radius 3 is 2.69 bits per heavy atom. The van der Waals surface area contributed by atoms with E-state index in [9.17, 15) is 19.5 Å². The van der Waals surface area contributed by atoms with Crippen molar-refractivity contribution in [3.63, 3.8) is 0 Å². The number of hydrogen-bond acceptors (Lipinski definition) is 8. The molecule has 0 bridgehead atoms. The van der Waals surface area contributed by atoms with Crippen LogP contribution in [0.15, 0.2) is 40.1 Å². The number of ether oxygens (including phenoxy) is 2. The van der Waals surface area contributed by atoms with Gasteiger partial charge >= 0.3 is 11.7 Å². The molecule has 32 heavy (non-hydrogen) atoms. The highest BCUT2D eigenvalue weighted by Crippen LogP contribution is 2.41. The zero-order valence-electron chi connectivity index (χ0n) is 18.4. The van der Waals surface area contributed by atoms with Crippen LogP contribution in [0.1, 0.15) is 60.2 Å². The number of esters is 1. The zero-order chi connectivity index (χ0) is 23.4. The van der Waals surface area contributed by atoms with Gasteiger partial charge in [0.1, 0.15) is 18.4 Å². The molecule has 2 aromatic rings. The van der Waals surface area contributed by atoms with E-state index in [1.807, 2.05) is 19.1 Å². The van der Waals surface area contributed by atoms with E-state index in [1.165, 1.54) is 10.8 Å². The summed E-state index contributed by atoms with van der Waals surface area (Å²) in [4.78, 5) is 39.1. The molecule has 0 saturated carbocycles. The van der Waals surface area contributed by atoms with E-state index in [0.717, 1.165) is 5.56 Å². The van der Waals surface area contributed by atoms with Crippen LogP contribution in [0.5, 0.6) is 0 Å². The maximum absolute atomic E-state index is 13.0. The van der Waals surface area contributed by atoms with Gasteiger partial charge in [-0.1, -0.05) is 53.6 Å². The number of nitrogens with one attached hydrogen (secondary N) is 1. The van der Waals surface area contributed by atoms with Crippen LogP contribution >= 0.6 is 21.6 Å². The molecular formula is C22H28N2O6S2. The summed E-state index contributed by atoms with van der Waals surface area (Å²) < 4.78 is 12.8. The van der Waals surface area contributed by atoms with E-state index in [0.29, 0.717) is 16.4 Å². The van der Waals surface area contributed by atoms with Crippen molar-refractivity contribution in [2.75, 3.05) is 6.61 Å². The SMILES string of the molecule is Cc1cn([C@H]2CC(OC(=O)c3ccccc3C(C)SSC(C)C)[C@@H](CO)O2)c(=O)[nH]c1=O. The summed E-state index contributed by atoms with van der Waals surface area (Å²) >= 11 is 0. The molecule has 1 fully saturated rings. The summed E-state index contributed by atoms with van der Waals surface area (Å²) in [7, 11) is 3.44. The van der Waals surface area contributed by atoms with Gasteiger partial charge in [-0.25, -0.2) is 9.59 Å². The minimum absolute atomic E-state index is 0.0788.